The minimum Gasteiger partial charge on any atom is -0.459 e. The van der Waals surface area contributed by atoms with Crippen LogP contribution in [0.1, 0.15) is 49.6 Å². The van der Waals surface area contributed by atoms with Gasteiger partial charge in [0.15, 0.2) is 11.2 Å². The highest BCUT2D eigenvalue weighted by Crippen LogP contribution is 2.28. The average molecular weight is 515 g/mol. The molecule has 0 aliphatic heterocycles. The van der Waals surface area contributed by atoms with Crippen LogP contribution in [-0.2, 0) is 6.54 Å². The Morgan fingerprint density at radius 3 is 2.59 bits per heavy atom. The summed E-state index contributed by atoms with van der Waals surface area (Å²) in [4.78, 5) is 19.5. The van der Waals surface area contributed by atoms with Gasteiger partial charge < -0.3 is 4.42 Å². The first-order chi connectivity index (χ1) is 18.0. The molecular weight excluding hydrogens is 487 g/mol. The Hall–Kier alpha value is -3.46. The highest BCUT2D eigenvalue weighted by Gasteiger charge is 2.21. The van der Waals surface area contributed by atoms with Crippen LogP contribution in [0, 0.1) is 23.6 Å². The second-order valence-electron chi connectivity index (χ2n) is 9.63. The smallest absolute Gasteiger partial charge is 0.193 e. The van der Waals surface area contributed by atoms with Crippen LogP contribution in [0.2, 0.25) is 5.02 Å². The first-order valence-electron chi connectivity index (χ1n) is 12.7. The molecule has 0 atom stereocenters. The lowest BCUT2D eigenvalue weighted by Gasteiger charge is -2.31. The molecule has 0 radical (unpaired) electrons. The highest BCUT2D eigenvalue weighted by atomic mass is 35.5. The van der Waals surface area contributed by atoms with Crippen molar-refractivity contribution in [2.75, 3.05) is 13.1 Å². The van der Waals surface area contributed by atoms with E-state index in [0.717, 1.165) is 31.0 Å². The molecule has 0 saturated heterocycles. The maximum absolute atomic E-state index is 14.7. The van der Waals surface area contributed by atoms with Crippen LogP contribution in [0.4, 0.5) is 4.39 Å². The summed E-state index contributed by atoms with van der Waals surface area (Å²) in [5, 5.41) is 1.07. The second-order valence-corrected chi connectivity index (χ2v) is 10.1. The van der Waals surface area contributed by atoms with Gasteiger partial charge in [0, 0.05) is 35.0 Å². The first kappa shape index (κ1) is 25.2. The summed E-state index contributed by atoms with van der Waals surface area (Å²) in [5.74, 6) is 6.64. The van der Waals surface area contributed by atoms with Crippen molar-refractivity contribution >= 4 is 22.6 Å². The van der Waals surface area contributed by atoms with Gasteiger partial charge in [-0.3, -0.25) is 9.69 Å². The quantitative estimate of drug-likeness (QED) is 0.248. The van der Waals surface area contributed by atoms with Gasteiger partial charge in [-0.2, -0.15) is 0 Å². The van der Waals surface area contributed by atoms with Gasteiger partial charge in [0.25, 0.3) is 0 Å². The number of fused-ring (bicyclic) bond motifs is 1. The lowest BCUT2D eigenvalue weighted by molar-refractivity contribution is 0.163. The third kappa shape index (κ3) is 6.10. The second kappa shape index (κ2) is 11.3. The third-order valence-electron chi connectivity index (χ3n) is 6.78. The van der Waals surface area contributed by atoms with E-state index in [-0.39, 0.29) is 11.1 Å². The first-order valence-corrected chi connectivity index (χ1v) is 13.1. The molecule has 0 spiro atoms. The third-order valence-corrected chi connectivity index (χ3v) is 7.03. The standard InChI is InChI=1S/C31H28ClFN2O2/c1-2-14-35(19-22-4-3-5-22)20-26-17-30(36)27-15-21(7-13-31(27)37-26)6-12-29-28(33)16-24(18-34-29)23-8-10-25(32)11-9-23/h7-11,13,15-18,22H,2-5,14,19-20H2,1H3. The summed E-state index contributed by atoms with van der Waals surface area (Å²) < 4.78 is 20.8. The lowest BCUT2D eigenvalue weighted by atomic mass is 9.85. The molecule has 4 aromatic rings. The molecular formula is C31H28ClFN2O2. The van der Waals surface area contributed by atoms with Gasteiger partial charge in [0.1, 0.15) is 17.0 Å². The van der Waals surface area contributed by atoms with Crippen molar-refractivity contribution in [3.05, 3.63) is 98.9 Å². The molecule has 1 aliphatic carbocycles. The summed E-state index contributed by atoms with van der Waals surface area (Å²) in [6.45, 7) is 4.84. The van der Waals surface area contributed by atoms with Crippen molar-refractivity contribution < 1.29 is 8.81 Å². The van der Waals surface area contributed by atoms with Crippen molar-refractivity contribution in [2.24, 2.45) is 5.92 Å². The predicted octanol–water partition coefficient (Wildman–Crippen LogP) is 7.06. The Balaban J connectivity index is 1.34. The largest absolute Gasteiger partial charge is 0.459 e. The van der Waals surface area contributed by atoms with Crippen molar-refractivity contribution in [1.82, 2.24) is 9.88 Å². The van der Waals surface area contributed by atoms with E-state index in [0.29, 0.717) is 39.4 Å². The Kier molecular flexibility index (Phi) is 7.69. The molecule has 2 aromatic carbocycles. The van der Waals surface area contributed by atoms with Gasteiger partial charge >= 0.3 is 0 Å². The average Bonchev–Trinajstić information content (AvgIpc) is 2.86. The molecule has 188 valence electrons. The topological polar surface area (TPSA) is 46.3 Å². The van der Waals surface area contributed by atoms with E-state index < -0.39 is 5.82 Å². The van der Waals surface area contributed by atoms with Gasteiger partial charge in [0.05, 0.1) is 11.9 Å². The summed E-state index contributed by atoms with van der Waals surface area (Å²) in [5.41, 5.74) is 2.53. The molecule has 37 heavy (non-hydrogen) atoms. The Morgan fingerprint density at radius 2 is 1.89 bits per heavy atom. The minimum atomic E-state index is -0.511. The van der Waals surface area contributed by atoms with E-state index in [1.807, 2.05) is 12.1 Å². The van der Waals surface area contributed by atoms with Crippen LogP contribution in [-0.4, -0.2) is 23.0 Å². The van der Waals surface area contributed by atoms with E-state index in [1.54, 1.807) is 42.6 Å². The Morgan fingerprint density at radius 1 is 1.08 bits per heavy atom. The van der Waals surface area contributed by atoms with Crippen LogP contribution < -0.4 is 5.43 Å². The van der Waals surface area contributed by atoms with Crippen LogP contribution in [0.5, 0.6) is 0 Å². The number of halogens is 2. The normalized spacial score (nSPS) is 13.4. The van der Waals surface area contributed by atoms with Gasteiger partial charge in [-0.15, -0.1) is 0 Å². The molecule has 0 bridgehead atoms. The molecule has 2 aromatic heterocycles. The van der Waals surface area contributed by atoms with Crippen LogP contribution in [0.15, 0.2) is 70.0 Å². The molecule has 4 nitrogen and oxygen atoms in total. The van der Waals surface area contributed by atoms with Crippen LogP contribution in [0.3, 0.4) is 0 Å². The van der Waals surface area contributed by atoms with Gasteiger partial charge in [-0.05, 0) is 79.6 Å². The molecule has 0 amide bonds. The highest BCUT2D eigenvalue weighted by molar-refractivity contribution is 6.30. The number of hydrogen-bond donors (Lipinski definition) is 0. The fourth-order valence-electron chi connectivity index (χ4n) is 4.64. The number of rotatable bonds is 7. The van der Waals surface area contributed by atoms with Crippen molar-refractivity contribution in [1.29, 1.82) is 0 Å². The van der Waals surface area contributed by atoms with Gasteiger partial charge in [-0.25, -0.2) is 9.37 Å². The van der Waals surface area contributed by atoms with E-state index >= 15 is 0 Å². The minimum absolute atomic E-state index is 0.0441. The maximum Gasteiger partial charge on any atom is 0.193 e. The van der Waals surface area contributed by atoms with E-state index in [4.69, 9.17) is 16.0 Å². The molecule has 0 unspecified atom stereocenters. The van der Waals surface area contributed by atoms with Crippen molar-refractivity contribution in [3.8, 4) is 23.0 Å². The zero-order valence-corrected chi connectivity index (χ0v) is 21.5. The number of pyridine rings is 1. The molecule has 6 heteroatoms. The van der Waals surface area contributed by atoms with Gasteiger partial charge in [-0.1, -0.05) is 43.0 Å². The fraction of sp³-hybridized carbons (Fsp3) is 0.290. The monoisotopic (exact) mass is 514 g/mol. The number of hydrogen-bond acceptors (Lipinski definition) is 4. The van der Waals surface area contributed by atoms with Crippen molar-refractivity contribution in [3.63, 3.8) is 0 Å². The summed E-state index contributed by atoms with van der Waals surface area (Å²) in [7, 11) is 0. The van der Waals surface area contributed by atoms with E-state index in [1.165, 1.54) is 25.3 Å². The summed E-state index contributed by atoms with van der Waals surface area (Å²) in [6.07, 6.45) is 6.54. The Labute approximate surface area is 221 Å². The molecule has 2 heterocycles. The number of benzene rings is 2. The molecule has 5 rings (SSSR count). The zero-order valence-electron chi connectivity index (χ0n) is 20.8. The van der Waals surface area contributed by atoms with Crippen LogP contribution in [0.25, 0.3) is 22.1 Å². The summed E-state index contributed by atoms with van der Waals surface area (Å²) >= 11 is 5.93. The van der Waals surface area contributed by atoms with E-state index in [2.05, 4.69) is 28.6 Å². The van der Waals surface area contributed by atoms with E-state index in [9.17, 15) is 9.18 Å². The number of nitrogens with zero attached hydrogens (tertiary/aromatic N) is 2. The Bertz CT molecular complexity index is 1530. The number of aromatic nitrogens is 1. The SMILES string of the molecule is CCCN(Cc1cc(=O)c2cc(C#Cc3ncc(-c4ccc(Cl)cc4)cc3F)ccc2o1)CC1CCC1. The summed E-state index contributed by atoms with van der Waals surface area (Å²) in [6, 6.07) is 15.3. The molecule has 0 N–H and O–H groups in total. The molecule has 1 aliphatic rings. The fourth-order valence-corrected chi connectivity index (χ4v) is 4.76. The van der Waals surface area contributed by atoms with Gasteiger partial charge in [0.2, 0.25) is 0 Å². The lowest BCUT2D eigenvalue weighted by Crippen LogP contribution is -2.33. The molecule has 1 fully saturated rings. The predicted molar refractivity (Wildman–Crippen MR) is 146 cm³/mol. The van der Waals surface area contributed by atoms with Crippen molar-refractivity contribution in [2.45, 2.75) is 39.2 Å². The van der Waals surface area contributed by atoms with Crippen LogP contribution >= 0.6 is 11.6 Å². The molecule has 1 saturated carbocycles. The zero-order chi connectivity index (χ0) is 25.8. The maximum atomic E-state index is 14.7.